The minimum atomic E-state index is -0.606. The van der Waals surface area contributed by atoms with Crippen LogP contribution in [0.2, 0.25) is 0 Å². The van der Waals surface area contributed by atoms with Gasteiger partial charge in [0.1, 0.15) is 11.9 Å². The predicted molar refractivity (Wildman–Crippen MR) is 102 cm³/mol. The Morgan fingerprint density at radius 1 is 1.07 bits per heavy atom. The Hall–Kier alpha value is -2.51. The molecule has 0 saturated carbocycles. The van der Waals surface area contributed by atoms with E-state index >= 15 is 0 Å². The molecule has 0 aromatic heterocycles. The molecule has 2 aromatic rings. The number of rotatable bonds is 4. The Kier molecular flexibility index (Phi) is 5.05. The number of carbonyl (C=O) groups is 1. The number of hydrogen-bond acceptors (Lipinski definition) is 3. The lowest BCUT2D eigenvalue weighted by Crippen LogP contribution is -2.52. The molecule has 0 N–H and O–H groups in total. The molecular formula is C23H23FN2O. The van der Waals surface area contributed by atoms with Gasteiger partial charge >= 0.3 is 0 Å². The maximum Gasteiger partial charge on any atom is 0.167 e. The van der Waals surface area contributed by atoms with Gasteiger partial charge in [-0.25, -0.2) is 4.39 Å². The standard InChI is InChI=1S/C23H23FN2O/c24-22-11-5-10-20(21(22)14-25)23(27)17-12-18-8-4-9-19(13-17)26(18)15-16-6-2-1-3-7-16/h1-3,5-7,10-11,17-19H,4,8-9,12-13,15H2. The summed E-state index contributed by atoms with van der Waals surface area (Å²) in [4.78, 5) is 15.6. The van der Waals surface area contributed by atoms with Crippen LogP contribution in [0.15, 0.2) is 48.5 Å². The average molecular weight is 362 g/mol. The molecular weight excluding hydrogens is 339 g/mol. The second-order valence-electron chi connectivity index (χ2n) is 7.70. The van der Waals surface area contributed by atoms with Crippen molar-refractivity contribution in [3.05, 3.63) is 71.0 Å². The molecule has 2 aliphatic heterocycles. The minimum Gasteiger partial charge on any atom is -0.294 e. The number of nitrogens with zero attached hydrogens (tertiary/aromatic N) is 2. The molecule has 2 fully saturated rings. The molecule has 3 nitrogen and oxygen atoms in total. The van der Waals surface area contributed by atoms with Crippen LogP contribution in [0.3, 0.4) is 0 Å². The molecule has 4 rings (SSSR count). The van der Waals surface area contributed by atoms with Gasteiger partial charge in [-0.15, -0.1) is 0 Å². The zero-order valence-electron chi connectivity index (χ0n) is 15.3. The van der Waals surface area contributed by atoms with E-state index in [0.717, 1.165) is 32.2 Å². The van der Waals surface area contributed by atoms with Crippen molar-refractivity contribution in [1.29, 1.82) is 5.26 Å². The predicted octanol–water partition coefficient (Wildman–Crippen LogP) is 4.71. The number of carbonyl (C=O) groups excluding carboxylic acids is 1. The normalized spacial score (nSPS) is 25.0. The summed E-state index contributed by atoms with van der Waals surface area (Å²) < 4.78 is 13.9. The smallest absolute Gasteiger partial charge is 0.167 e. The highest BCUT2D eigenvalue weighted by atomic mass is 19.1. The largest absolute Gasteiger partial charge is 0.294 e. The third-order valence-corrected chi connectivity index (χ3v) is 6.10. The SMILES string of the molecule is N#Cc1c(F)cccc1C(=O)C1CC2CCCC(C1)N2Cc1ccccc1. The quantitative estimate of drug-likeness (QED) is 0.740. The summed E-state index contributed by atoms with van der Waals surface area (Å²) in [5, 5.41) is 9.26. The van der Waals surface area contributed by atoms with Crippen LogP contribution in [-0.2, 0) is 6.54 Å². The lowest BCUT2D eigenvalue weighted by atomic mass is 9.75. The van der Waals surface area contributed by atoms with Crippen molar-refractivity contribution in [3.8, 4) is 6.07 Å². The maximum atomic E-state index is 13.9. The van der Waals surface area contributed by atoms with Crippen LogP contribution in [0, 0.1) is 23.1 Å². The Bertz CT molecular complexity index is 860. The van der Waals surface area contributed by atoms with E-state index in [4.69, 9.17) is 0 Å². The van der Waals surface area contributed by atoms with Gasteiger partial charge in [0.15, 0.2) is 5.78 Å². The van der Waals surface area contributed by atoms with Crippen LogP contribution in [0.1, 0.15) is 53.6 Å². The molecule has 2 atom stereocenters. The first kappa shape index (κ1) is 17.9. The molecule has 0 aliphatic carbocycles. The number of hydrogen-bond donors (Lipinski definition) is 0. The van der Waals surface area contributed by atoms with E-state index in [-0.39, 0.29) is 22.8 Å². The number of ketones is 1. The van der Waals surface area contributed by atoms with Crippen molar-refractivity contribution in [2.45, 2.75) is 50.7 Å². The van der Waals surface area contributed by atoms with Crippen LogP contribution in [0.25, 0.3) is 0 Å². The van der Waals surface area contributed by atoms with Crippen molar-refractivity contribution in [2.75, 3.05) is 0 Å². The van der Waals surface area contributed by atoms with Gasteiger partial charge in [0.2, 0.25) is 0 Å². The van der Waals surface area contributed by atoms with Gasteiger partial charge in [-0.3, -0.25) is 9.69 Å². The Labute approximate surface area is 159 Å². The fourth-order valence-electron chi connectivity index (χ4n) is 4.81. The Morgan fingerprint density at radius 2 is 1.78 bits per heavy atom. The summed E-state index contributed by atoms with van der Waals surface area (Å²) >= 11 is 0. The van der Waals surface area contributed by atoms with E-state index in [1.54, 1.807) is 6.07 Å². The second-order valence-corrected chi connectivity index (χ2v) is 7.70. The van der Waals surface area contributed by atoms with Crippen molar-refractivity contribution in [3.63, 3.8) is 0 Å². The second kappa shape index (κ2) is 7.62. The minimum absolute atomic E-state index is 0.0673. The monoisotopic (exact) mass is 362 g/mol. The summed E-state index contributed by atoms with van der Waals surface area (Å²) in [5.41, 5.74) is 1.44. The van der Waals surface area contributed by atoms with E-state index in [0.29, 0.717) is 12.1 Å². The molecule has 2 saturated heterocycles. The van der Waals surface area contributed by atoms with E-state index in [9.17, 15) is 14.4 Å². The Morgan fingerprint density at radius 3 is 2.44 bits per heavy atom. The van der Waals surface area contributed by atoms with Crippen molar-refractivity contribution in [1.82, 2.24) is 4.90 Å². The molecule has 4 heteroatoms. The van der Waals surface area contributed by atoms with Gasteiger partial charge in [0, 0.05) is 30.1 Å². The number of halogens is 1. The molecule has 0 radical (unpaired) electrons. The summed E-state index contributed by atoms with van der Waals surface area (Å²) in [6, 6.07) is 17.4. The zero-order valence-corrected chi connectivity index (χ0v) is 15.3. The average Bonchev–Trinajstić information content (AvgIpc) is 2.68. The highest BCUT2D eigenvalue weighted by molar-refractivity contribution is 6.00. The molecule has 0 spiro atoms. The van der Waals surface area contributed by atoms with E-state index in [2.05, 4.69) is 29.2 Å². The molecule has 2 heterocycles. The highest BCUT2D eigenvalue weighted by Gasteiger charge is 2.41. The number of fused-ring (bicyclic) bond motifs is 2. The number of benzene rings is 2. The third kappa shape index (κ3) is 3.52. The first-order valence-electron chi connectivity index (χ1n) is 9.70. The molecule has 27 heavy (non-hydrogen) atoms. The number of Topliss-reactive ketones (excluding diaryl/α,β-unsaturated/α-hetero) is 1. The lowest BCUT2D eigenvalue weighted by Gasteiger charge is -2.48. The van der Waals surface area contributed by atoms with E-state index < -0.39 is 5.82 Å². The van der Waals surface area contributed by atoms with Gasteiger partial charge in [0.25, 0.3) is 0 Å². The molecule has 2 unspecified atom stereocenters. The fraction of sp³-hybridized carbons (Fsp3) is 0.391. The Balaban J connectivity index is 1.54. The first-order valence-corrected chi connectivity index (χ1v) is 9.70. The summed E-state index contributed by atoms with van der Waals surface area (Å²) in [5.74, 6) is -0.798. The van der Waals surface area contributed by atoms with Crippen LogP contribution in [-0.4, -0.2) is 22.8 Å². The van der Waals surface area contributed by atoms with Crippen molar-refractivity contribution >= 4 is 5.78 Å². The highest BCUT2D eigenvalue weighted by Crippen LogP contribution is 2.39. The zero-order chi connectivity index (χ0) is 18.8. The molecule has 2 aliphatic rings. The van der Waals surface area contributed by atoms with Gasteiger partial charge in [-0.1, -0.05) is 42.8 Å². The maximum absolute atomic E-state index is 13.9. The first-order chi connectivity index (χ1) is 13.2. The topological polar surface area (TPSA) is 44.1 Å². The van der Waals surface area contributed by atoms with Gasteiger partial charge in [0.05, 0.1) is 5.56 Å². The summed E-state index contributed by atoms with van der Waals surface area (Å²) in [6.45, 7) is 0.917. The van der Waals surface area contributed by atoms with Crippen LogP contribution in [0.4, 0.5) is 4.39 Å². The molecule has 0 amide bonds. The van der Waals surface area contributed by atoms with E-state index in [1.807, 2.05) is 12.1 Å². The molecule has 138 valence electrons. The van der Waals surface area contributed by atoms with Crippen molar-refractivity contribution in [2.24, 2.45) is 5.92 Å². The van der Waals surface area contributed by atoms with E-state index in [1.165, 1.54) is 24.1 Å². The van der Waals surface area contributed by atoms with Crippen LogP contribution in [0.5, 0.6) is 0 Å². The van der Waals surface area contributed by atoms with Crippen LogP contribution >= 0.6 is 0 Å². The van der Waals surface area contributed by atoms with Gasteiger partial charge in [-0.05, 0) is 43.4 Å². The number of nitriles is 1. The summed E-state index contributed by atoms with van der Waals surface area (Å²) in [7, 11) is 0. The van der Waals surface area contributed by atoms with Crippen molar-refractivity contribution < 1.29 is 9.18 Å². The fourth-order valence-corrected chi connectivity index (χ4v) is 4.81. The lowest BCUT2D eigenvalue weighted by molar-refractivity contribution is 0.00904. The van der Waals surface area contributed by atoms with Gasteiger partial charge < -0.3 is 0 Å². The summed E-state index contributed by atoms with van der Waals surface area (Å²) in [6.07, 6.45) is 4.99. The third-order valence-electron chi connectivity index (χ3n) is 6.10. The van der Waals surface area contributed by atoms with Gasteiger partial charge in [-0.2, -0.15) is 5.26 Å². The molecule has 2 aromatic carbocycles. The number of piperidine rings is 2. The van der Waals surface area contributed by atoms with Crippen LogP contribution < -0.4 is 0 Å². The molecule has 2 bridgehead atoms.